The predicted molar refractivity (Wildman–Crippen MR) is 66.8 cm³/mol. The van der Waals surface area contributed by atoms with E-state index in [-0.39, 0.29) is 19.5 Å². The van der Waals surface area contributed by atoms with E-state index in [4.69, 9.17) is 0 Å². The summed E-state index contributed by atoms with van der Waals surface area (Å²) in [5, 5.41) is 0. The molecule has 0 atom stereocenters. The highest BCUT2D eigenvalue weighted by molar-refractivity contribution is 7.87. The molecule has 0 fully saturated rings. The number of benzene rings is 1. The molecule has 7 heteroatoms. The third-order valence-electron chi connectivity index (χ3n) is 2.16. The number of nitrogens with one attached hydrogen (secondary N) is 2. The number of hydrogen-bond acceptors (Lipinski definition) is 4. The Labute approximate surface area is 107 Å². The van der Waals surface area contributed by atoms with Gasteiger partial charge in [0, 0.05) is 13.1 Å². The van der Waals surface area contributed by atoms with E-state index in [0.29, 0.717) is 0 Å². The Hall–Kier alpha value is -1.44. The van der Waals surface area contributed by atoms with Crippen LogP contribution in [-0.2, 0) is 26.3 Å². The van der Waals surface area contributed by atoms with Gasteiger partial charge in [-0.1, -0.05) is 30.3 Å². The summed E-state index contributed by atoms with van der Waals surface area (Å²) >= 11 is 0. The van der Waals surface area contributed by atoms with E-state index in [9.17, 15) is 13.2 Å². The van der Waals surface area contributed by atoms with E-state index < -0.39 is 16.2 Å². The van der Waals surface area contributed by atoms with Crippen molar-refractivity contribution in [1.82, 2.24) is 9.44 Å². The molecule has 0 aliphatic rings. The lowest BCUT2D eigenvalue weighted by atomic mass is 10.2. The summed E-state index contributed by atoms with van der Waals surface area (Å²) < 4.78 is 32.0. The zero-order chi connectivity index (χ0) is 13.4. The van der Waals surface area contributed by atoms with Gasteiger partial charge < -0.3 is 4.74 Å². The first-order valence-electron chi connectivity index (χ1n) is 5.38. The summed E-state index contributed by atoms with van der Waals surface area (Å²) in [6.45, 7) is 0.213. The van der Waals surface area contributed by atoms with Gasteiger partial charge in [0.05, 0.1) is 13.5 Å². The van der Waals surface area contributed by atoms with Crippen molar-refractivity contribution in [3.63, 3.8) is 0 Å². The average Bonchev–Trinajstić information content (AvgIpc) is 2.37. The van der Waals surface area contributed by atoms with Crippen LogP contribution in [0.5, 0.6) is 0 Å². The van der Waals surface area contributed by atoms with Gasteiger partial charge in [0.2, 0.25) is 0 Å². The van der Waals surface area contributed by atoms with Crippen LogP contribution in [0.2, 0.25) is 0 Å². The summed E-state index contributed by atoms with van der Waals surface area (Å²) in [6.07, 6.45) is 0.00273. The van der Waals surface area contributed by atoms with Crippen LogP contribution in [0.1, 0.15) is 12.0 Å². The summed E-state index contributed by atoms with van der Waals surface area (Å²) in [4.78, 5) is 10.8. The highest BCUT2D eigenvalue weighted by atomic mass is 32.2. The van der Waals surface area contributed by atoms with Gasteiger partial charge in [-0.2, -0.15) is 13.1 Å². The molecule has 0 heterocycles. The van der Waals surface area contributed by atoms with E-state index in [1.54, 1.807) is 0 Å². The molecule has 1 rings (SSSR count). The van der Waals surface area contributed by atoms with Crippen LogP contribution < -0.4 is 9.44 Å². The molecule has 0 bridgehead atoms. The van der Waals surface area contributed by atoms with Crippen molar-refractivity contribution >= 4 is 16.2 Å². The largest absolute Gasteiger partial charge is 0.469 e. The zero-order valence-electron chi connectivity index (χ0n) is 10.0. The van der Waals surface area contributed by atoms with E-state index >= 15 is 0 Å². The third kappa shape index (κ3) is 5.76. The number of carbonyl (C=O) groups excluding carboxylic acids is 1. The lowest BCUT2D eigenvalue weighted by molar-refractivity contribution is -0.140. The van der Waals surface area contributed by atoms with Crippen LogP contribution in [0.3, 0.4) is 0 Å². The second-order valence-electron chi connectivity index (χ2n) is 3.53. The maximum atomic E-state index is 11.5. The smallest absolute Gasteiger partial charge is 0.306 e. The monoisotopic (exact) mass is 272 g/mol. The number of hydrogen-bond donors (Lipinski definition) is 2. The van der Waals surface area contributed by atoms with Crippen molar-refractivity contribution in [2.24, 2.45) is 0 Å². The minimum atomic E-state index is -3.59. The Kier molecular flexibility index (Phi) is 5.76. The normalized spacial score (nSPS) is 11.2. The van der Waals surface area contributed by atoms with Gasteiger partial charge in [0.15, 0.2) is 0 Å². The van der Waals surface area contributed by atoms with E-state index in [0.717, 1.165) is 5.56 Å². The molecule has 0 saturated carbocycles. The maximum Gasteiger partial charge on any atom is 0.306 e. The zero-order valence-corrected chi connectivity index (χ0v) is 10.9. The number of rotatable bonds is 7. The molecule has 0 aliphatic carbocycles. The highest BCUT2D eigenvalue weighted by Gasteiger charge is 2.09. The maximum absolute atomic E-state index is 11.5. The molecule has 6 nitrogen and oxygen atoms in total. The summed E-state index contributed by atoms with van der Waals surface area (Å²) in [5.74, 6) is -0.458. The fraction of sp³-hybridized carbons (Fsp3) is 0.364. The molecule has 0 spiro atoms. The molecule has 1 aromatic rings. The van der Waals surface area contributed by atoms with Crippen molar-refractivity contribution in [1.29, 1.82) is 0 Å². The molecular formula is C11H16N2O4S. The van der Waals surface area contributed by atoms with Crippen LogP contribution in [0.25, 0.3) is 0 Å². The van der Waals surface area contributed by atoms with Crippen molar-refractivity contribution in [3.8, 4) is 0 Å². The van der Waals surface area contributed by atoms with Gasteiger partial charge in [-0.15, -0.1) is 0 Å². The highest BCUT2D eigenvalue weighted by Crippen LogP contribution is 1.97. The topological polar surface area (TPSA) is 84.5 Å². The van der Waals surface area contributed by atoms with Gasteiger partial charge in [0.1, 0.15) is 0 Å². The van der Waals surface area contributed by atoms with Crippen molar-refractivity contribution in [2.45, 2.75) is 13.0 Å². The fourth-order valence-electron chi connectivity index (χ4n) is 1.21. The molecule has 1 aromatic carbocycles. The van der Waals surface area contributed by atoms with Gasteiger partial charge in [-0.05, 0) is 5.56 Å². The summed E-state index contributed by atoms with van der Waals surface area (Å²) in [6, 6.07) is 9.14. The first-order valence-corrected chi connectivity index (χ1v) is 6.87. The molecule has 0 amide bonds. The Balaban J connectivity index is 2.34. The first-order chi connectivity index (χ1) is 8.53. The molecular weight excluding hydrogens is 256 g/mol. The van der Waals surface area contributed by atoms with Gasteiger partial charge >= 0.3 is 5.97 Å². The lowest BCUT2D eigenvalue weighted by Crippen LogP contribution is -2.37. The van der Waals surface area contributed by atoms with Crippen molar-refractivity contribution in [3.05, 3.63) is 35.9 Å². The predicted octanol–water partition coefficient (Wildman–Crippen LogP) is 0.174. The number of methoxy groups -OCH3 is 1. The van der Waals surface area contributed by atoms with E-state index in [1.807, 2.05) is 30.3 Å². The molecule has 0 unspecified atom stereocenters. The summed E-state index contributed by atoms with van der Waals surface area (Å²) in [7, 11) is -2.34. The lowest BCUT2D eigenvalue weighted by Gasteiger charge is -2.07. The standard InChI is InChI=1S/C11H16N2O4S/c1-17-11(14)7-8-12-18(15,16)13-9-10-5-3-2-4-6-10/h2-6,12-13H,7-9H2,1H3. The van der Waals surface area contributed by atoms with Crippen LogP contribution in [-0.4, -0.2) is 28.0 Å². The molecule has 0 aromatic heterocycles. The minimum absolute atomic E-state index is 0.00273. The number of ether oxygens (including phenoxy) is 1. The third-order valence-corrected chi connectivity index (χ3v) is 3.27. The Morgan fingerprint density at radius 2 is 1.89 bits per heavy atom. The Bertz CT molecular complexity index is 473. The molecule has 0 aliphatic heterocycles. The average molecular weight is 272 g/mol. The van der Waals surface area contributed by atoms with E-state index in [2.05, 4.69) is 14.2 Å². The van der Waals surface area contributed by atoms with Crippen LogP contribution in [0.4, 0.5) is 0 Å². The van der Waals surface area contributed by atoms with Gasteiger partial charge in [0.25, 0.3) is 10.2 Å². The molecule has 0 saturated heterocycles. The molecule has 18 heavy (non-hydrogen) atoms. The quantitative estimate of drug-likeness (QED) is 0.693. The van der Waals surface area contributed by atoms with E-state index in [1.165, 1.54) is 7.11 Å². The van der Waals surface area contributed by atoms with Crippen molar-refractivity contribution < 1.29 is 17.9 Å². The summed E-state index contributed by atoms with van der Waals surface area (Å²) in [5.41, 5.74) is 0.857. The molecule has 2 N–H and O–H groups in total. The van der Waals surface area contributed by atoms with Gasteiger partial charge in [-0.3, -0.25) is 4.79 Å². The minimum Gasteiger partial charge on any atom is -0.469 e. The Morgan fingerprint density at radius 3 is 2.50 bits per heavy atom. The molecule has 0 radical (unpaired) electrons. The first kappa shape index (κ1) is 14.6. The Morgan fingerprint density at radius 1 is 1.22 bits per heavy atom. The fourth-order valence-corrected chi connectivity index (χ4v) is 2.04. The van der Waals surface area contributed by atoms with Crippen LogP contribution in [0, 0.1) is 0 Å². The second kappa shape index (κ2) is 7.10. The van der Waals surface area contributed by atoms with Gasteiger partial charge in [-0.25, -0.2) is 4.72 Å². The second-order valence-corrected chi connectivity index (χ2v) is 5.11. The van der Waals surface area contributed by atoms with Crippen LogP contribution in [0.15, 0.2) is 30.3 Å². The molecule has 100 valence electrons. The number of carbonyl (C=O) groups is 1. The van der Waals surface area contributed by atoms with Crippen LogP contribution >= 0.6 is 0 Å². The number of esters is 1. The SMILES string of the molecule is COC(=O)CCNS(=O)(=O)NCc1ccccc1. The van der Waals surface area contributed by atoms with Crippen molar-refractivity contribution in [2.75, 3.05) is 13.7 Å².